The zero-order valence-electron chi connectivity index (χ0n) is 14.5. The molecule has 0 fully saturated rings. The smallest absolute Gasteiger partial charge is 0.264 e. The van der Waals surface area contributed by atoms with Crippen LogP contribution in [0, 0.1) is 13.8 Å². The first kappa shape index (κ1) is 17.2. The predicted molar refractivity (Wildman–Crippen MR) is 103 cm³/mol. The molecule has 2 aromatic carbocycles. The zero-order chi connectivity index (χ0) is 18.0. The molecule has 3 aromatic rings. The molecule has 1 aromatic heterocycles. The van der Waals surface area contributed by atoms with Crippen molar-refractivity contribution < 1.29 is 9.59 Å². The molecule has 0 aliphatic carbocycles. The summed E-state index contributed by atoms with van der Waals surface area (Å²) < 4.78 is 1.07. The van der Waals surface area contributed by atoms with Crippen molar-refractivity contribution in [1.82, 2.24) is 4.90 Å². The number of hydrogen-bond donors (Lipinski definition) is 1. The number of carbonyl (C=O) groups is 2. The molecule has 0 aliphatic heterocycles. The van der Waals surface area contributed by atoms with Gasteiger partial charge in [0.25, 0.3) is 5.91 Å². The second-order valence-corrected chi connectivity index (χ2v) is 7.26. The summed E-state index contributed by atoms with van der Waals surface area (Å²) in [6.45, 7) is 3.94. The molecular weight excluding hydrogens is 332 g/mol. The standard InChI is InChI=1S/C20H20N2O2S/c1-13-8-9-14(2)16(10-13)21-19(23)12-22(3)20(24)18-11-15-6-4-5-7-17(15)25-18/h4-11H,12H2,1-3H3,(H,21,23). The number of carbonyl (C=O) groups excluding carboxylic acids is 2. The molecule has 0 spiro atoms. The van der Waals surface area contributed by atoms with Gasteiger partial charge in [-0.3, -0.25) is 9.59 Å². The first-order valence-electron chi connectivity index (χ1n) is 8.05. The van der Waals surface area contributed by atoms with Crippen LogP contribution in [0.2, 0.25) is 0 Å². The van der Waals surface area contributed by atoms with Crippen molar-refractivity contribution in [3.63, 3.8) is 0 Å². The normalized spacial score (nSPS) is 10.7. The Hall–Kier alpha value is -2.66. The Morgan fingerprint density at radius 3 is 2.60 bits per heavy atom. The highest BCUT2D eigenvalue weighted by Gasteiger charge is 2.17. The van der Waals surface area contributed by atoms with E-state index in [4.69, 9.17) is 0 Å². The highest BCUT2D eigenvalue weighted by Crippen LogP contribution is 2.26. The summed E-state index contributed by atoms with van der Waals surface area (Å²) in [5.41, 5.74) is 2.86. The molecule has 4 nitrogen and oxygen atoms in total. The lowest BCUT2D eigenvalue weighted by molar-refractivity contribution is -0.116. The highest BCUT2D eigenvalue weighted by molar-refractivity contribution is 7.20. The third-order valence-electron chi connectivity index (χ3n) is 4.03. The second kappa shape index (κ2) is 7.07. The number of fused-ring (bicyclic) bond motifs is 1. The van der Waals surface area contributed by atoms with Crippen LogP contribution in [0.15, 0.2) is 48.5 Å². The fraction of sp³-hybridized carbons (Fsp3) is 0.200. The minimum absolute atomic E-state index is 0.0143. The van der Waals surface area contributed by atoms with E-state index in [-0.39, 0.29) is 18.4 Å². The van der Waals surface area contributed by atoms with E-state index in [9.17, 15) is 9.59 Å². The summed E-state index contributed by atoms with van der Waals surface area (Å²) in [6.07, 6.45) is 0. The van der Waals surface area contributed by atoms with Crippen LogP contribution < -0.4 is 5.32 Å². The Morgan fingerprint density at radius 1 is 1.08 bits per heavy atom. The van der Waals surface area contributed by atoms with E-state index in [2.05, 4.69) is 5.32 Å². The van der Waals surface area contributed by atoms with Gasteiger partial charge in [0.2, 0.25) is 5.91 Å². The highest BCUT2D eigenvalue weighted by atomic mass is 32.1. The van der Waals surface area contributed by atoms with Gasteiger partial charge in [0.15, 0.2) is 0 Å². The van der Waals surface area contributed by atoms with Crippen molar-refractivity contribution >= 4 is 38.9 Å². The van der Waals surface area contributed by atoms with Gasteiger partial charge < -0.3 is 10.2 Å². The van der Waals surface area contributed by atoms with E-state index in [1.54, 1.807) is 7.05 Å². The minimum atomic E-state index is -0.203. The maximum atomic E-state index is 12.6. The van der Waals surface area contributed by atoms with Gasteiger partial charge in [0.05, 0.1) is 11.4 Å². The van der Waals surface area contributed by atoms with Gasteiger partial charge in [0, 0.05) is 17.4 Å². The average Bonchev–Trinajstić information content (AvgIpc) is 3.01. The number of aryl methyl sites for hydroxylation is 2. The first-order valence-corrected chi connectivity index (χ1v) is 8.87. The summed E-state index contributed by atoms with van der Waals surface area (Å²) in [5, 5.41) is 3.93. The molecule has 3 rings (SSSR count). The topological polar surface area (TPSA) is 49.4 Å². The van der Waals surface area contributed by atoms with E-state index in [0.717, 1.165) is 26.9 Å². The number of benzene rings is 2. The van der Waals surface area contributed by atoms with Crippen molar-refractivity contribution in [3.8, 4) is 0 Å². The van der Waals surface area contributed by atoms with Gasteiger partial charge in [-0.25, -0.2) is 0 Å². The SMILES string of the molecule is Cc1ccc(C)c(NC(=O)CN(C)C(=O)c2cc3ccccc3s2)c1. The van der Waals surface area contributed by atoms with Crippen molar-refractivity contribution in [3.05, 3.63) is 64.5 Å². The molecule has 0 bridgehead atoms. The van der Waals surface area contributed by atoms with E-state index in [1.807, 2.05) is 62.4 Å². The molecule has 0 radical (unpaired) electrons. The van der Waals surface area contributed by atoms with Gasteiger partial charge in [-0.2, -0.15) is 0 Å². The van der Waals surface area contributed by atoms with E-state index in [1.165, 1.54) is 16.2 Å². The number of thiophene rings is 1. The van der Waals surface area contributed by atoms with Crippen LogP contribution in [-0.2, 0) is 4.79 Å². The maximum absolute atomic E-state index is 12.6. The molecule has 0 atom stereocenters. The Bertz CT molecular complexity index is 913. The molecule has 1 heterocycles. The summed E-state index contributed by atoms with van der Waals surface area (Å²) in [4.78, 5) is 27.0. The molecule has 0 aliphatic rings. The molecular formula is C20H20N2O2S. The van der Waals surface area contributed by atoms with Gasteiger partial charge in [-0.15, -0.1) is 11.3 Å². The summed E-state index contributed by atoms with van der Waals surface area (Å²) in [7, 11) is 1.65. The quantitative estimate of drug-likeness (QED) is 0.764. The number of anilines is 1. The van der Waals surface area contributed by atoms with E-state index < -0.39 is 0 Å². The number of nitrogens with zero attached hydrogens (tertiary/aromatic N) is 1. The fourth-order valence-corrected chi connectivity index (χ4v) is 3.68. The third-order valence-corrected chi connectivity index (χ3v) is 5.14. The molecule has 0 unspecified atom stereocenters. The van der Waals surface area contributed by atoms with Crippen LogP contribution >= 0.6 is 11.3 Å². The van der Waals surface area contributed by atoms with Crippen LogP contribution in [0.1, 0.15) is 20.8 Å². The molecule has 25 heavy (non-hydrogen) atoms. The van der Waals surface area contributed by atoms with E-state index >= 15 is 0 Å². The third kappa shape index (κ3) is 3.88. The molecule has 5 heteroatoms. The van der Waals surface area contributed by atoms with Gasteiger partial charge in [-0.1, -0.05) is 30.3 Å². The van der Waals surface area contributed by atoms with Crippen molar-refractivity contribution in [1.29, 1.82) is 0 Å². The Kier molecular flexibility index (Phi) is 4.86. The van der Waals surface area contributed by atoms with Gasteiger partial charge in [0.1, 0.15) is 0 Å². The van der Waals surface area contributed by atoms with Crippen LogP contribution in [0.4, 0.5) is 5.69 Å². The van der Waals surface area contributed by atoms with Crippen molar-refractivity contribution in [2.45, 2.75) is 13.8 Å². The molecule has 2 amide bonds. The van der Waals surface area contributed by atoms with Crippen LogP contribution in [0.3, 0.4) is 0 Å². The lowest BCUT2D eigenvalue weighted by atomic mass is 10.1. The van der Waals surface area contributed by atoms with Crippen molar-refractivity contribution in [2.75, 3.05) is 18.9 Å². The lowest BCUT2D eigenvalue weighted by Gasteiger charge is -2.16. The molecule has 0 saturated heterocycles. The van der Waals surface area contributed by atoms with Crippen LogP contribution in [-0.4, -0.2) is 30.3 Å². The average molecular weight is 352 g/mol. The number of hydrogen-bond acceptors (Lipinski definition) is 3. The van der Waals surface area contributed by atoms with Gasteiger partial charge in [-0.05, 0) is 48.6 Å². The lowest BCUT2D eigenvalue weighted by Crippen LogP contribution is -2.34. The molecule has 0 saturated carbocycles. The molecule has 1 N–H and O–H groups in total. The Labute approximate surface area is 151 Å². The largest absolute Gasteiger partial charge is 0.332 e. The molecule has 128 valence electrons. The number of nitrogens with one attached hydrogen (secondary N) is 1. The summed E-state index contributed by atoms with van der Waals surface area (Å²) >= 11 is 1.45. The van der Waals surface area contributed by atoms with E-state index in [0.29, 0.717) is 4.88 Å². The minimum Gasteiger partial charge on any atom is -0.332 e. The van der Waals surface area contributed by atoms with Gasteiger partial charge >= 0.3 is 0 Å². The summed E-state index contributed by atoms with van der Waals surface area (Å²) in [6, 6.07) is 15.7. The predicted octanol–water partition coefficient (Wildman–Crippen LogP) is 4.23. The summed E-state index contributed by atoms with van der Waals surface area (Å²) in [5.74, 6) is -0.344. The Balaban J connectivity index is 1.68. The van der Waals surface area contributed by atoms with Crippen molar-refractivity contribution in [2.24, 2.45) is 0 Å². The zero-order valence-corrected chi connectivity index (χ0v) is 15.3. The number of likely N-dealkylation sites (N-methyl/N-ethyl adjacent to an activating group) is 1. The maximum Gasteiger partial charge on any atom is 0.264 e. The van der Waals surface area contributed by atoms with Crippen LogP contribution in [0.5, 0.6) is 0 Å². The fourth-order valence-electron chi connectivity index (χ4n) is 2.62. The second-order valence-electron chi connectivity index (χ2n) is 6.18. The number of rotatable bonds is 4. The number of amides is 2. The first-order chi connectivity index (χ1) is 11.9. The van der Waals surface area contributed by atoms with Crippen LogP contribution in [0.25, 0.3) is 10.1 Å². The monoisotopic (exact) mass is 352 g/mol. The Morgan fingerprint density at radius 2 is 1.84 bits per heavy atom.